The van der Waals surface area contributed by atoms with Gasteiger partial charge in [-0.25, -0.2) is 4.98 Å². The van der Waals surface area contributed by atoms with Gasteiger partial charge in [-0.15, -0.1) is 0 Å². The number of nitrogens with two attached hydrogens (primary N) is 1. The molecule has 0 saturated heterocycles. The zero-order valence-corrected chi connectivity index (χ0v) is 10.7. The molecule has 0 radical (unpaired) electrons. The summed E-state index contributed by atoms with van der Waals surface area (Å²) in [5.74, 6) is 0. The van der Waals surface area contributed by atoms with Gasteiger partial charge in [0.2, 0.25) is 0 Å². The number of benzene rings is 1. The molecule has 0 amide bonds. The largest absolute Gasteiger partial charge is 0.416 e. The molecular weight excluding hydrogens is 279 g/mol. The fourth-order valence-corrected chi connectivity index (χ4v) is 1.99. The number of hydrogen-bond donors (Lipinski definition) is 1. The molecule has 0 aliphatic rings. The minimum Gasteiger partial charge on any atom is -0.323 e. The zero-order valence-electron chi connectivity index (χ0n) is 9.95. The zero-order chi connectivity index (χ0) is 14.2. The topological polar surface area (TPSA) is 43.8 Å². The summed E-state index contributed by atoms with van der Waals surface area (Å²) in [7, 11) is 0. The van der Waals surface area contributed by atoms with E-state index in [4.69, 9.17) is 17.3 Å². The van der Waals surface area contributed by atoms with Gasteiger partial charge in [0, 0.05) is 6.04 Å². The Labute approximate surface area is 112 Å². The maximum absolute atomic E-state index is 12.6. The number of alkyl halides is 3. The van der Waals surface area contributed by atoms with Gasteiger partial charge in [-0.2, -0.15) is 13.2 Å². The van der Waals surface area contributed by atoms with E-state index >= 15 is 0 Å². The van der Waals surface area contributed by atoms with E-state index in [2.05, 4.69) is 4.98 Å². The van der Waals surface area contributed by atoms with Crippen molar-refractivity contribution in [1.29, 1.82) is 0 Å². The van der Waals surface area contributed by atoms with E-state index in [1.807, 2.05) is 0 Å². The number of aromatic nitrogens is 2. The first kappa shape index (κ1) is 13.9. The molecular formula is C12H11ClF3N3. The molecule has 3 nitrogen and oxygen atoms in total. The molecule has 1 aromatic carbocycles. The van der Waals surface area contributed by atoms with Crippen molar-refractivity contribution in [2.24, 2.45) is 5.73 Å². The third-order valence-corrected chi connectivity index (χ3v) is 2.97. The number of nitrogens with zero attached hydrogens (tertiary/aromatic N) is 2. The van der Waals surface area contributed by atoms with Gasteiger partial charge in [-0.1, -0.05) is 11.6 Å². The highest BCUT2D eigenvalue weighted by molar-refractivity contribution is 6.32. The SMILES string of the molecule is C[C@@H](N)c1cncn1-c1ccc(C(F)(F)F)cc1Cl. The summed E-state index contributed by atoms with van der Waals surface area (Å²) in [5, 5.41) is -0.00488. The van der Waals surface area contributed by atoms with Crippen molar-refractivity contribution in [3.05, 3.63) is 47.0 Å². The first-order valence-corrected chi connectivity index (χ1v) is 5.83. The number of imidazole rings is 1. The van der Waals surface area contributed by atoms with Gasteiger partial charge < -0.3 is 10.3 Å². The van der Waals surface area contributed by atoms with E-state index in [-0.39, 0.29) is 11.1 Å². The summed E-state index contributed by atoms with van der Waals surface area (Å²) in [4.78, 5) is 3.93. The standard InChI is InChI=1S/C12H11ClF3N3/c1-7(17)11-5-18-6-19(11)10-3-2-8(4-9(10)13)12(14,15)16/h2-7H,17H2,1H3/t7-/m1/s1. The summed E-state index contributed by atoms with van der Waals surface area (Å²) in [5.41, 5.74) is 6.06. The number of hydrogen-bond acceptors (Lipinski definition) is 2. The molecule has 1 heterocycles. The monoisotopic (exact) mass is 289 g/mol. The minimum atomic E-state index is -4.42. The molecule has 0 unspecified atom stereocenters. The Balaban J connectivity index is 2.50. The van der Waals surface area contributed by atoms with Crippen molar-refractivity contribution in [2.75, 3.05) is 0 Å². The second-order valence-electron chi connectivity index (χ2n) is 4.14. The summed E-state index contributed by atoms with van der Waals surface area (Å²) < 4.78 is 39.2. The lowest BCUT2D eigenvalue weighted by Crippen LogP contribution is -2.11. The van der Waals surface area contributed by atoms with E-state index in [0.29, 0.717) is 11.4 Å². The van der Waals surface area contributed by atoms with Gasteiger partial charge >= 0.3 is 6.18 Å². The van der Waals surface area contributed by atoms with E-state index in [1.54, 1.807) is 17.7 Å². The summed E-state index contributed by atoms with van der Waals surface area (Å²) in [6.45, 7) is 1.76. The van der Waals surface area contributed by atoms with Crippen LogP contribution in [0.5, 0.6) is 0 Å². The Bertz CT molecular complexity index is 590. The van der Waals surface area contributed by atoms with E-state index < -0.39 is 11.7 Å². The molecule has 0 bridgehead atoms. The first-order valence-electron chi connectivity index (χ1n) is 5.45. The number of halogens is 4. The molecule has 19 heavy (non-hydrogen) atoms. The third-order valence-electron chi connectivity index (χ3n) is 2.67. The lowest BCUT2D eigenvalue weighted by molar-refractivity contribution is -0.137. The van der Waals surface area contributed by atoms with Crippen LogP contribution in [0.2, 0.25) is 5.02 Å². The Morgan fingerprint density at radius 1 is 1.37 bits per heavy atom. The summed E-state index contributed by atoms with van der Waals surface area (Å²) >= 11 is 5.91. The Hall–Kier alpha value is -1.53. The van der Waals surface area contributed by atoms with Crippen LogP contribution in [0.25, 0.3) is 5.69 Å². The Morgan fingerprint density at radius 3 is 2.58 bits per heavy atom. The molecule has 102 valence electrons. The third kappa shape index (κ3) is 2.74. The van der Waals surface area contributed by atoms with Gasteiger partial charge in [0.1, 0.15) is 0 Å². The second kappa shape index (κ2) is 4.86. The van der Waals surface area contributed by atoms with Gasteiger partial charge in [-0.3, -0.25) is 0 Å². The lowest BCUT2D eigenvalue weighted by atomic mass is 10.2. The highest BCUT2D eigenvalue weighted by Gasteiger charge is 2.31. The van der Waals surface area contributed by atoms with Crippen LogP contribution in [-0.2, 0) is 6.18 Å². The fraction of sp³-hybridized carbons (Fsp3) is 0.250. The summed E-state index contributed by atoms with van der Waals surface area (Å²) in [6.07, 6.45) is -1.40. The maximum Gasteiger partial charge on any atom is 0.416 e. The average molecular weight is 290 g/mol. The smallest absolute Gasteiger partial charge is 0.323 e. The predicted molar refractivity (Wildman–Crippen MR) is 66.2 cm³/mol. The minimum absolute atomic E-state index is 0.00488. The van der Waals surface area contributed by atoms with Crippen LogP contribution in [-0.4, -0.2) is 9.55 Å². The molecule has 0 aliphatic carbocycles. The number of rotatable bonds is 2. The highest BCUT2D eigenvalue weighted by atomic mass is 35.5. The fourth-order valence-electron chi connectivity index (χ4n) is 1.72. The van der Waals surface area contributed by atoms with Gasteiger partial charge in [0.05, 0.1) is 34.5 Å². The van der Waals surface area contributed by atoms with E-state index in [0.717, 1.165) is 12.1 Å². The van der Waals surface area contributed by atoms with Crippen molar-refractivity contribution < 1.29 is 13.2 Å². The molecule has 0 spiro atoms. The first-order chi connectivity index (χ1) is 8.80. The van der Waals surface area contributed by atoms with Crippen LogP contribution >= 0.6 is 11.6 Å². The normalized spacial score (nSPS) is 13.6. The van der Waals surface area contributed by atoms with E-state index in [9.17, 15) is 13.2 Å². The molecule has 2 aromatic rings. The molecule has 2 N–H and O–H groups in total. The summed E-state index contributed by atoms with van der Waals surface area (Å²) in [6, 6.07) is 2.87. The molecule has 1 atom stereocenters. The molecule has 7 heteroatoms. The average Bonchev–Trinajstić information content (AvgIpc) is 2.76. The Kier molecular flexibility index (Phi) is 3.56. The Morgan fingerprint density at radius 2 is 2.05 bits per heavy atom. The van der Waals surface area contributed by atoms with Crippen molar-refractivity contribution in [3.63, 3.8) is 0 Å². The van der Waals surface area contributed by atoms with Crippen LogP contribution in [0.15, 0.2) is 30.7 Å². The van der Waals surface area contributed by atoms with Gasteiger partial charge in [0.25, 0.3) is 0 Å². The van der Waals surface area contributed by atoms with E-state index in [1.165, 1.54) is 12.4 Å². The van der Waals surface area contributed by atoms with Gasteiger partial charge in [-0.05, 0) is 25.1 Å². The van der Waals surface area contributed by atoms with Crippen LogP contribution < -0.4 is 5.73 Å². The van der Waals surface area contributed by atoms with Crippen molar-refractivity contribution in [1.82, 2.24) is 9.55 Å². The van der Waals surface area contributed by atoms with Crippen molar-refractivity contribution in [3.8, 4) is 5.69 Å². The lowest BCUT2D eigenvalue weighted by Gasteiger charge is -2.14. The van der Waals surface area contributed by atoms with Crippen LogP contribution in [0.3, 0.4) is 0 Å². The van der Waals surface area contributed by atoms with Crippen molar-refractivity contribution >= 4 is 11.6 Å². The molecule has 0 saturated carbocycles. The van der Waals surface area contributed by atoms with Gasteiger partial charge in [0.15, 0.2) is 0 Å². The van der Waals surface area contributed by atoms with Crippen LogP contribution in [0.4, 0.5) is 13.2 Å². The van der Waals surface area contributed by atoms with Crippen LogP contribution in [0, 0.1) is 0 Å². The predicted octanol–water partition coefficient (Wildman–Crippen LogP) is 3.56. The quantitative estimate of drug-likeness (QED) is 0.918. The molecule has 0 fully saturated rings. The molecule has 1 aromatic heterocycles. The maximum atomic E-state index is 12.6. The molecule has 2 rings (SSSR count). The van der Waals surface area contributed by atoms with Crippen molar-refractivity contribution in [2.45, 2.75) is 19.1 Å². The van der Waals surface area contributed by atoms with Crippen LogP contribution in [0.1, 0.15) is 24.2 Å². The second-order valence-corrected chi connectivity index (χ2v) is 4.55. The molecule has 0 aliphatic heterocycles. The highest BCUT2D eigenvalue weighted by Crippen LogP contribution is 2.33.